The van der Waals surface area contributed by atoms with Crippen molar-refractivity contribution in [2.75, 3.05) is 19.7 Å². The predicted molar refractivity (Wildman–Crippen MR) is 80.2 cm³/mol. The Morgan fingerprint density at radius 1 is 1.26 bits per heavy atom. The quantitative estimate of drug-likeness (QED) is 0.540. The number of nitrogens with zero attached hydrogens (tertiary/aromatic N) is 1. The summed E-state index contributed by atoms with van der Waals surface area (Å²) >= 11 is 0. The smallest absolute Gasteiger partial charge is 0.191 e. The Balaban J connectivity index is 2.54. The standard InChI is InChI=1S/C15H25N3O/c1-4-16-15(17-9-13(3)11-19)18-10-14-7-5-12(2)6-8-14/h5-8,13,19H,4,9-11H2,1-3H3,(H2,16,17,18). The second-order valence-electron chi connectivity index (χ2n) is 4.85. The first-order valence-corrected chi connectivity index (χ1v) is 6.84. The highest BCUT2D eigenvalue weighted by Crippen LogP contribution is 2.04. The molecule has 0 saturated carbocycles. The highest BCUT2D eigenvalue weighted by molar-refractivity contribution is 5.79. The summed E-state index contributed by atoms with van der Waals surface area (Å²) < 4.78 is 0. The summed E-state index contributed by atoms with van der Waals surface area (Å²) in [6.07, 6.45) is 0. The number of aliphatic hydroxyl groups excluding tert-OH is 1. The van der Waals surface area contributed by atoms with Crippen LogP contribution in [0.2, 0.25) is 0 Å². The van der Waals surface area contributed by atoms with Gasteiger partial charge in [0.15, 0.2) is 5.96 Å². The summed E-state index contributed by atoms with van der Waals surface area (Å²) in [6.45, 7) is 8.50. The van der Waals surface area contributed by atoms with E-state index >= 15 is 0 Å². The molecular formula is C15H25N3O. The molecule has 0 bridgehead atoms. The van der Waals surface area contributed by atoms with Crippen LogP contribution in [0.5, 0.6) is 0 Å². The highest BCUT2D eigenvalue weighted by Gasteiger charge is 2.02. The normalized spacial score (nSPS) is 13.2. The maximum absolute atomic E-state index is 9.01. The van der Waals surface area contributed by atoms with Gasteiger partial charge in [-0.25, -0.2) is 4.99 Å². The molecule has 0 saturated heterocycles. The molecule has 0 heterocycles. The first-order valence-electron chi connectivity index (χ1n) is 6.84. The number of hydrogen-bond donors (Lipinski definition) is 3. The molecule has 0 aliphatic heterocycles. The minimum atomic E-state index is 0.185. The summed E-state index contributed by atoms with van der Waals surface area (Å²) in [5.74, 6) is 1.02. The van der Waals surface area contributed by atoms with Gasteiger partial charge in [0.25, 0.3) is 0 Å². The molecule has 0 spiro atoms. The van der Waals surface area contributed by atoms with Crippen molar-refractivity contribution in [1.29, 1.82) is 0 Å². The van der Waals surface area contributed by atoms with Crippen LogP contribution < -0.4 is 10.6 Å². The molecule has 1 atom stereocenters. The Morgan fingerprint density at radius 2 is 1.95 bits per heavy atom. The van der Waals surface area contributed by atoms with Crippen LogP contribution in [0.1, 0.15) is 25.0 Å². The van der Waals surface area contributed by atoms with Crippen molar-refractivity contribution in [3.05, 3.63) is 35.4 Å². The molecule has 0 aliphatic rings. The van der Waals surface area contributed by atoms with E-state index in [2.05, 4.69) is 46.8 Å². The van der Waals surface area contributed by atoms with Crippen LogP contribution in [0.25, 0.3) is 0 Å². The van der Waals surface area contributed by atoms with Crippen LogP contribution in [-0.4, -0.2) is 30.8 Å². The molecule has 0 aliphatic carbocycles. The van der Waals surface area contributed by atoms with E-state index in [0.717, 1.165) is 19.0 Å². The molecule has 0 fully saturated rings. The fourth-order valence-electron chi connectivity index (χ4n) is 1.54. The predicted octanol–water partition coefficient (Wildman–Crippen LogP) is 1.68. The molecule has 19 heavy (non-hydrogen) atoms. The maximum Gasteiger partial charge on any atom is 0.191 e. The van der Waals surface area contributed by atoms with Gasteiger partial charge in [-0.3, -0.25) is 0 Å². The fourth-order valence-corrected chi connectivity index (χ4v) is 1.54. The number of hydrogen-bond acceptors (Lipinski definition) is 2. The van der Waals surface area contributed by atoms with Gasteiger partial charge in [-0.05, 0) is 25.3 Å². The van der Waals surface area contributed by atoms with Crippen LogP contribution in [0, 0.1) is 12.8 Å². The minimum absolute atomic E-state index is 0.185. The van der Waals surface area contributed by atoms with Gasteiger partial charge in [-0.2, -0.15) is 0 Å². The maximum atomic E-state index is 9.01. The summed E-state index contributed by atoms with van der Waals surface area (Å²) in [5.41, 5.74) is 2.45. The molecule has 1 rings (SSSR count). The van der Waals surface area contributed by atoms with E-state index in [4.69, 9.17) is 5.11 Å². The topological polar surface area (TPSA) is 56.7 Å². The van der Waals surface area contributed by atoms with E-state index in [1.807, 2.05) is 13.8 Å². The number of aryl methyl sites for hydroxylation is 1. The minimum Gasteiger partial charge on any atom is -0.396 e. The van der Waals surface area contributed by atoms with Crippen molar-refractivity contribution >= 4 is 5.96 Å². The van der Waals surface area contributed by atoms with Crippen molar-refractivity contribution in [3.63, 3.8) is 0 Å². The van der Waals surface area contributed by atoms with Gasteiger partial charge in [-0.1, -0.05) is 36.8 Å². The number of rotatable bonds is 6. The third kappa shape index (κ3) is 6.25. The van der Waals surface area contributed by atoms with Crippen molar-refractivity contribution in [3.8, 4) is 0 Å². The number of aliphatic imine (C=N–C) groups is 1. The number of benzene rings is 1. The van der Waals surface area contributed by atoms with E-state index in [-0.39, 0.29) is 12.5 Å². The van der Waals surface area contributed by atoms with Gasteiger partial charge in [-0.15, -0.1) is 0 Å². The van der Waals surface area contributed by atoms with Crippen LogP contribution in [0.3, 0.4) is 0 Å². The van der Waals surface area contributed by atoms with E-state index in [1.54, 1.807) is 0 Å². The molecule has 1 aromatic rings. The average molecular weight is 263 g/mol. The molecule has 4 nitrogen and oxygen atoms in total. The first-order chi connectivity index (χ1) is 9.15. The fraction of sp³-hybridized carbons (Fsp3) is 0.533. The SMILES string of the molecule is CCNC(=NCc1ccc(C)cc1)NCC(C)CO. The zero-order valence-corrected chi connectivity index (χ0v) is 12.1. The second-order valence-corrected chi connectivity index (χ2v) is 4.85. The van der Waals surface area contributed by atoms with Crippen LogP contribution in [-0.2, 0) is 6.54 Å². The van der Waals surface area contributed by atoms with Gasteiger partial charge in [0.1, 0.15) is 0 Å². The summed E-state index contributed by atoms with van der Waals surface area (Å²) in [5, 5.41) is 15.4. The molecule has 1 unspecified atom stereocenters. The third-order valence-corrected chi connectivity index (χ3v) is 2.81. The number of aliphatic hydroxyl groups is 1. The zero-order chi connectivity index (χ0) is 14.1. The Bertz CT molecular complexity index is 387. The van der Waals surface area contributed by atoms with Gasteiger partial charge >= 0.3 is 0 Å². The Kier molecular flexibility index (Phi) is 6.97. The van der Waals surface area contributed by atoms with E-state index in [1.165, 1.54) is 11.1 Å². The zero-order valence-electron chi connectivity index (χ0n) is 12.1. The van der Waals surface area contributed by atoms with Crippen LogP contribution in [0.15, 0.2) is 29.3 Å². The van der Waals surface area contributed by atoms with E-state index in [0.29, 0.717) is 6.54 Å². The Hall–Kier alpha value is -1.55. The Morgan fingerprint density at radius 3 is 2.53 bits per heavy atom. The highest BCUT2D eigenvalue weighted by atomic mass is 16.3. The van der Waals surface area contributed by atoms with Crippen molar-refractivity contribution in [2.45, 2.75) is 27.3 Å². The largest absolute Gasteiger partial charge is 0.396 e. The monoisotopic (exact) mass is 263 g/mol. The van der Waals surface area contributed by atoms with E-state index < -0.39 is 0 Å². The van der Waals surface area contributed by atoms with Crippen molar-refractivity contribution in [2.24, 2.45) is 10.9 Å². The molecule has 4 heteroatoms. The van der Waals surface area contributed by atoms with Crippen molar-refractivity contribution in [1.82, 2.24) is 10.6 Å². The molecule has 0 amide bonds. The molecule has 0 aromatic heterocycles. The summed E-state index contributed by atoms with van der Waals surface area (Å²) in [7, 11) is 0. The second kappa shape index (κ2) is 8.53. The molecular weight excluding hydrogens is 238 g/mol. The molecule has 3 N–H and O–H groups in total. The molecule has 106 valence electrons. The number of guanidine groups is 1. The summed E-state index contributed by atoms with van der Waals surface area (Å²) in [6, 6.07) is 8.38. The van der Waals surface area contributed by atoms with Gasteiger partial charge in [0, 0.05) is 19.7 Å². The van der Waals surface area contributed by atoms with Crippen LogP contribution >= 0.6 is 0 Å². The molecule has 1 aromatic carbocycles. The Labute approximate surface area is 116 Å². The van der Waals surface area contributed by atoms with Crippen LogP contribution in [0.4, 0.5) is 0 Å². The average Bonchev–Trinajstić information content (AvgIpc) is 2.43. The first kappa shape index (κ1) is 15.5. The van der Waals surface area contributed by atoms with E-state index in [9.17, 15) is 0 Å². The van der Waals surface area contributed by atoms with Gasteiger partial charge in [0.2, 0.25) is 0 Å². The number of nitrogens with one attached hydrogen (secondary N) is 2. The third-order valence-electron chi connectivity index (χ3n) is 2.81. The van der Waals surface area contributed by atoms with Gasteiger partial charge in [0.05, 0.1) is 6.54 Å². The lowest BCUT2D eigenvalue weighted by Gasteiger charge is -2.14. The van der Waals surface area contributed by atoms with Gasteiger partial charge < -0.3 is 15.7 Å². The summed E-state index contributed by atoms with van der Waals surface area (Å²) in [4.78, 5) is 4.53. The lowest BCUT2D eigenvalue weighted by molar-refractivity contribution is 0.238. The molecule has 0 radical (unpaired) electrons. The van der Waals surface area contributed by atoms with Crippen molar-refractivity contribution < 1.29 is 5.11 Å². The lowest BCUT2D eigenvalue weighted by atomic mass is 10.1. The lowest BCUT2D eigenvalue weighted by Crippen LogP contribution is -2.39.